The standard InChI is InChI=1S/C14H26N8/c1-5-14(15)21-10-9(12(22-14)17-7-3)19-13(18-8-4)20-11(10)16-6-2/h21H,5-8,15H2,1-4H3,(H,17,22)(H2,16,18,19,20). The first-order valence-electron chi connectivity index (χ1n) is 7.86. The summed E-state index contributed by atoms with van der Waals surface area (Å²) in [6.45, 7) is 10.2. The van der Waals surface area contributed by atoms with Crippen molar-refractivity contribution in [3.8, 4) is 0 Å². The summed E-state index contributed by atoms with van der Waals surface area (Å²) in [5.74, 6) is 1.25. The normalized spacial score (nSPS) is 21.8. The van der Waals surface area contributed by atoms with Gasteiger partial charge in [-0.05, 0) is 20.8 Å². The Morgan fingerprint density at radius 1 is 1.09 bits per heavy atom. The molecule has 1 aliphatic heterocycles. The van der Waals surface area contributed by atoms with E-state index in [9.17, 15) is 0 Å². The Kier molecular flexibility index (Phi) is 5.02. The van der Waals surface area contributed by atoms with Crippen molar-refractivity contribution in [2.75, 3.05) is 35.6 Å². The Morgan fingerprint density at radius 3 is 2.41 bits per heavy atom. The lowest BCUT2D eigenvalue weighted by atomic mass is 10.1. The fourth-order valence-corrected chi connectivity index (χ4v) is 2.26. The Labute approximate surface area is 131 Å². The van der Waals surface area contributed by atoms with Gasteiger partial charge in [0.05, 0.1) is 0 Å². The SMILES string of the molecule is CCN=C1NC(N)(CC)Nc2c(NCC)nc(NCC)nc21. The second kappa shape index (κ2) is 6.78. The van der Waals surface area contributed by atoms with Crippen LogP contribution in [0.5, 0.6) is 0 Å². The van der Waals surface area contributed by atoms with Crippen LogP contribution in [0.3, 0.4) is 0 Å². The summed E-state index contributed by atoms with van der Waals surface area (Å²) in [6, 6.07) is 0. The van der Waals surface area contributed by atoms with E-state index in [-0.39, 0.29) is 0 Å². The van der Waals surface area contributed by atoms with E-state index in [0.29, 0.717) is 24.7 Å². The van der Waals surface area contributed by atoms with Crippen molar-refractivity contribution in [3.05, 3.63) is 5.69 Å². The second-order valence-electron chi connectivity index (χ2n) is 5.08. The van der Waals surface area contributed by atoms with Gasteiger partial charge in [0.1, 0.15) is 11.4 Å². The van der Waals surface area contributed by atoms with Crippen LogP contribution in [-0.4, -0.2) is 41.2 Å². The van der Waals surface area contributed by atoms with Crippen molar-refractivity contribution >= 4 is 23.3 Å². The van der Waals surface area contributed by atoms with Crippen molar-refractivity contribution in [3.63, 3.8) is 0 Å². The Hall–Kier alpha value is -2.09. The van der Waals surface area contributed by atoms with Crippen molar-refractivity contribution < 1.29 is 0 Å². The molecule has 1 aromatic heterocycles. The number of nitrogens with zero attached hydrogens (tertiary/aromatic N) is 3. The average molecular weight is 306 g/mol. The first-order valence-corrected chi connectivity index (χ1v) is 7.86. The van der Waals surface area contributed by atoms with Crippen LogP contribution in [-0.2, 0) is 0 Å². The van der Waals surface area contributed by atoms with Gasteiger partial charge in [-0.25, -0.2) is 4.98 Å². The van der Waals surface area contributed by atoms with Crippen LogP contribution in [0, 0.1) is 0 Å². The zero-order valence-electron chi connectivity index (χ0n) is 13.7. The molecule has 1 aromatic rings. The predicted molar refractivity (Wildman–Crippen MR) is 91.4 cm³/mol. The highest BCUT2D eigenvalue weighted by Gasteiger charge is 2.34. The summed E-state index contributed by atoms with van der Waals surface area (Å²) < 4.78 is 0. The van der Waals surface area contributed by atoms with Crippen LogP contribution in [0.2, 0.25) is 0 Å². The van der Waals surface area contributed by atoms with Crippen LogP contribution < -0.4 is 27.0 Å². The lowest BCUT2D eigenvalue weighted by Crippen LogP contribution is -2.64. The minimum atomic E-state index is -0.756. The van der Waals surface area contributed by atoms with Gasteiger partial charge in [-0.2, -0.15) is 4.98 Å². The number of nitrogens with one attached hydrogen (secondary N) is 4. The van der Waals surface area contributed by atoms with Crippen molar-refractivity contribution in [2.24, 2.45) is 10.7 Å². The molecule has 2 rings (SSSR count). The Balaban J connectivity index is 2.58. The predicted octanol–water partition coefficient (Wildman–Crippen LogP) is 1.14. The highest BCUT2D eigenvalue weighted by molar-refractivity contribution is 6.06. The molecule has 0 spiro atoms. The molecule has 0 fully saturated rings. The second-order valence-corrected chi connectivity index (χ2v) is 5.08. The smallest absolute Gasteiger partial charge is 0.225 e. The van der Waals surface area contributed by atoms with Crippen LogP contribution in [0.15, 0.2) is 4.99 Å². The van der Waals surface area contributed by atoms with Crippen molar-refractivity contribution in [1.82, 2.24) is 15.3 Å². The molecule has 0 radical (unpaired) electrons. The summed E-state index contributed by atoms with van der Waals surface area (Å²) >= 11 is 0. The van der Waals surface area contributed by atoms with Gasteiger partial charge in [-0.15, -0.1) is 0 Å². The number of hydrogen-bond donors (Lipinski definition) is 5. The van der Waals surface area contributed by atoms with Gasteiger partial charge in [0.15, 0.2) is 17.4 Å². The fourth-order valence-electron chi connectivity index (χ4n) is 2.26. The van der Waals surface area contributed by atoms with Gasteiger partial charge in [0.2, 0.25) is 5.95 Å². The summed E-state index contributed by atoms with van der Waals surface area (Å²) in [5.41, 5.74) is 7.88. The first-order chi connectivity index (χ1) is 10.6. The minimum absolute atomic E-state index is 0.575. The van der Waals surface area contributed by atoms with Gasteiger partial charge in [-0.3, -0.25) is 10.7 Å². The third kappa shape index (κ3) is 3.22. The van der Waals surface area contributed by atoms with Crippen LogP contribution in [0.25, 0.3) is 0 Å². The molecule has 1 unspecified atom stereocenters. The molecule has 0 bridgehead atoms. The molecule has 6 N–H and O–H groups in total. The molecule has 0 aliphatic carbocycles. The number of nitrogens with two attached hydrogens (primary N) is 1. The fraction of sp³-hybridized carbons (Fsp3) is 0.643. The number of anilines is 3. The maximum atomic E-state index is 6.35. The molecule has 0 amide bonds. The van der Waals surface area contributed by atoms with Crippen molar-refractivity contribution in [1.29, 1.82) is 0 Å². The maximum Gasteiger partial charge on any atom is 0.225 e. The number of rotatable bonds is 6. The van der Waals surface area contributed by atoms with Gasteiger partial charge < -0.3 is 21.3 Å². The zero-order valence-corrected chi connectivity index (χ0v) is 13.7. The van der Waals surface area contributed by atoms with E-state index in [4.69, 9.17) is 5.73 Å². The van der Waals surface area contributed by atoms with Crippen LogP contribution in [0.1, 0.15) is 39.8 Å². The highest BCUT2D eigenvalue weighted by Crippen LogP contribution is 2.30. The molecule has 22 heavy (non-hydrogen) atoms. The molecular formula is C14H26N8. The molecule has 0 saturated heterocycles. The third-order valence-corrected chi connectivity index (χ3v) is 3.38. The molecule has 1 aliphatic rings. The van der Waals surface area contributed by atoms with E-state index in [2.05, 4.69) is 36.2 Å². The minimum Gasteiger partial charge on any atom is -0.368 e. The third-order valence-electron chi connectivity index (χ3n) is 3.38. The number of fused-ring (bicyclic) bond motifs is 1. The number of aromatic nitrogens is 2. The van der Waals surface area contributed by atoms with E-state index in [1.54, 1.807) is 0 Å². The van der Waals surface area contributed by atoms with E-state index < -0.39 is 5.79 Å². The molecule has 122 valence electrons. The van der Waals surface area contributed by atoms with Gasteiger partial charge in [0, 0.05) is 26.1 Å². The van der Waals surface area contributed by atoms with Gasteiger partial charge >= 0.3 is 0 Å². The molecule has 0 saturated carbocycles. The van der Waals surface area contributed by atoms with Gasteiger partial charge in [0.25, 0.3) is 0 Å². The van der Waals surface area contributed by atoms with E-state index >= 15 is 0 Å². The highest BCUT2D eigenvalue weighted by atomic mass is 15.4. The molecule has 8 heteroatoms. The molecular weight excluding hydrogens is 280 g/mol. The molecule has 8 nitrogen and oxygen atoms in total. The lowest BCUT2D eigenvalue weighted by molar-refractivity contribution is 0.428. The average Bonchev–Trinajstić information content (AvgIpc) is 2.49. The summed E-state index contributed by atoms with van der Waals surface area (Å²) in [6.07, 6.45) is 0.690. The first kappa shape index (κ1) is 16.3. The van der Waals surface area contributed by atoms with Crippen LogP contribution in [0.4, 0.5) is 17.5 Å². The lowest BCUT2D eigenvalue weighted by Gasteiger charge is -2.38. The van der Waals surface area contributed by atoms with E-state index in [1.807, 2.05) is 27.7 Å². The summed E-state index contributed by atoms with van der Waals surface area (Å²) in [5, 5.41) is 13.0. The van der Waals surface area contributed by atoms with Gasteiger partial charge in [-0.1, -0.05) is 6.92 Å². The molecule has 0 aromatic carbocycles. The zero-order chi connectivity index (χ0) is 16.2. The largest absolute Gasteiger partial charge is 0.368 e. The maximum absolute atomic E-state index is 6.35. The topological polar surface area (TPSA) is 112 Å². The monoisotopic (exact) mass is 306 g/mol. The van der Waals surface area contributed by atoms with Crippen LogP contribution >= 0.6 is 0 Å². The number of hydrogen-bond acceptors (Lipinski definition) is 7. The summed E-state index contributed by atoms with van der Waals surface area (Å²) in [4.78, 5) is 13.6. The van der Waals surface area contributed by atoms with E-state index in [1.165, 1.54) is 0 Å². The van der Waals surface area contributed by atoms with Crippen molar-refractivity contribution in [2.45, 2.75) is 39.9 Å². The Bertz CT molecular complexity index is 556. The van der Waals surface area contributed by atoms with E-state index in [0.717, 1.165) is 30.3 Å². The number of amidine groups is 1. The molecule has 2 heterocycles. The number of aliphatic imine (C=N–C) groups is 1. The quantitative estimate of drug-likeness (QED) is 0.536. The summed E-state index contributed by atoms with van der Waals surface area (Å²) in [7, 11) is 0. The Morgan fingerprint density at radius 2 is 1.82 bits per heavy atom. The molecule has 1 atom stereocenters.